The Morgan fingerprint density at radius 1 is 0.636 bits per heavy atom. The van der Waals surface area contributed by atoms with E-state index in [0.717, 1.165) is 29.4 Å². The molecule has 0 amide bonds. The zero-order valence-electron chi connectivity index (χ0n) is 12.0. The first-order valence-electron chi connectivity index (χ1n) is 6.66. The molecule has 0 unspecified atom stereocenters. The molecule has 0 saturated carbocycles. The third-order valence-corrected chi connectivity index (χ3v) is 5.17. The van der Waals surface area contributed by atoms with Crippen molar-refractivity contribution in [1.82, 2.24) is 20.4 Å². The van der Waals surface area contributed by atoms with Gasteiger partial charge in [-0.25, -0.2) is 0 Å². The van der Waals surface area contributed by atoms with Crippen LogP contribution >= 0.6 is 45.2 Å². The molecule has 0 spiro atoms. The highest BCUT2D eigenvalue weighted by atomic mass is 127. The van der Waals surface area contributed by atoms with Gasteiger partial charge in [-0.15, -0.1) is 20.4 Å². The summed E-state index contributed by atoms with van der Waals surface area (Å²) in [5, 5.41) is 17.2. The van der Waals surface area contributed by atoms with E-state index in [9.17, 15) is 0 Å². The first-order valence-corrected chi connectivity index (χ1v) is 8.82. The van der Waals surface area contributed by atoms with Crippen molar-refractivity contribution in [3.05, 3.63) is 54.7 Å². The molecule has 0 N–H and O–H groups in total. The minimum Gasteiger partial charge on any atom is -0.126 e. The summed E-state index contributed by atoms with van der Waals surface area (Å²) in [5.74, 6) is 1.13. The predicted octanol–water partition coefficient (Wildman–Crippen LogP) is 4.43. The van der Waals surface area contributed by atoms with Gasteiger partial charge in [-0.1, -0.05) is 24.3 Å². The Bertz CT molecular complexity index is 721. The fraction of sp³-hybridized carbons (Fsp3) is 0.125. The maximum absolute atomic E-state index is 4.30. The zero-order valence-corrected chi connectivity index (χ0v) is 16.3. The number of halogens is 2. The van der Waals surface area contributed by atoms with Crippen LogP contribution in [0.1, 0.15) is 11.1 Å². The molecule has 1 aromatic heterocycles. The molecule has 3 aromatic rings. The Balaban J connectivity index is 2.08. The van der Waals surface area contributed by atoms with Gasteiger partial charge in [-0.3, -0.25) is 0 Å². The smallest absolute Gasteiger partial charge is 0.126 e. The zero-order chi connectivity index (χ0) is 15.7. The molecular weight excluding hydrogens is 502 g/mol. The summed E-state index contributed by atoms with van der Waals surface area (Å²) in [7, 11) is 0. The molecule has 0 aliphatic carbocycles. The molecular formula is C16H12I2N4. The van der Waals surface area contributed by atoms with Crippen LogP contribution in [0.25, 0.3) is 22.8 Å². The van der Waals surface area contributed by atoms with Gasteiger partial charge in [-0.05, 0) is 82.3 Å². The Hall–Kier alpha value is -1.16. The van der Waals surface area contributed by atoms with Gasteiger partial charge in [-0.2, -0.15) is 0 Å². The molecule has 0 aliphatic heterocycles. The second-order valence-electron chi connectivity index (χ2n) is 4.91. The van der Waals surface area contributed by atoms with Crippen LogP contribution in [-0.2, 0) is 0 Å². The van der Waals surface area contributed by atoms with Crippen molar-refractivity contribution in [3.8, 4) is 22.8 Å². The highest BCUT2D eigenvalue weighted by molar-refractivity contribution is 14.1. The van der Waals surface area contributed by atoms with E-state index >= 15 is 0 Å². The molecule has 0 fully saturated rings. The van der Waals surface area contributed by atoms with E-state index in [1.807, 2.05) is 50.2 Å². The van der Waals surface area contributed by atoms with Gasteiger partial charge in [0, 0.05) is 18.3 Å². The van der Waals surface area contributed by atoms with Crippen molar-refractivity contribution in [1.29, 1.82) is 0 Å². The van der Waals surface area contributed by atoms with Crippen LogP contribution in [0.15, 0.2) is 36.4 Å². The molecule has 2 aromatic carbocycles. The first-order chi connectivity index (χ1) is 10.6. The second kappa shape index (κ2) is 6.53. The van der Waals surface area contributed by atoms with Crippen molar-refractivity contribution in [2.24, 2.45) is 0 Å². The van der Waals surface area contributed by atoms with Gasteiger partial charge in [0.15, 0.2) is 0 Å². The second-order valence-corrected chi connectivity index (χ2v) is 7.24. The average Bonchev–Trinajstić information content (AvgIpc) is 2.48. The maximum atomic E-state index is 4.30. The van der Waals surface area contributed by atoms with Gasteiger partial charge < -0.3 is 0 Å². The van der Waals surface area contributed by atoms with Crippen LogP contribution in [0.4, 0.5) is 0 Å². The van der Waals surface area contributed by atoms with Gasteiger partial charge in [0.2, 0.25) is 11.6 Å². The van der Waals surface area contributed by atoms with Gasteiger partial charge in [0.1, 0.15) is 0 Å². The highest BCUT2D eigenvalue weighted by Crippen LogP contribution is 2.27. The Kier molecular flexibility index (Phi) is 4.67. The molecule has 0 bridgehead atoms. The van der Waals surface area contributed by atoms with Gasteiger partial charge in [0.05, 0.1) is 0 Å². The summed E-state index contributed by atoms with van der Waals surface area (Å²) >= 11 is 4.57. The summed E-state index contributed by atoms with van der Waals surface area (Å²) in [6.45, 7) is 4.08. The van der Waals surface area contributed by atoms with Gasteiger partial charge in [0.25, 0.3) is 0 Å². The molecule has 22 heavy (non-hydrogen) atoms. The molecule has 6 heteroatoms. The topological polar surface area (TPSA) is 51.6 Å². The van der Waals surface area contributed by atoms with Crippen molar-refractivity contribution >= 4 is 45.2 Å². The third kappa shape index (κ3) is 2.98. The fourth-order valence-electron chi connectivity index (χ4n) is 2.26. The van der Waals surface area contributed by atoms with E-state index in [1.165, 1.54) is 0 Å². The van der Waals surface area contributed by atoms with Crippen molar-refractivity contribution < 1.29 is 0 Å². The van der Waals surface area contributed by atoms with E-state index in [1.54, 1.807) is 0 Å². The lowest BCUT2D eigenvalue weighted by atomic mass is 10.1. The molecule has 0 radical (unpaired) electrons. The van der Waals surface area contributed by atoms with E-state index < -0.39 is 0 Å². The Morgan fingerprint density at radius 2 is 1.00 bits per heavy atom. The summed E-state index contributed by atoms with van der Waals surface area (Å²) < 4.78 is 2.19. The molecule has 0 atom stereocenters. The third-order valence-electron chi connectivity index (χ3n) is 3.37. The minimum absolute atomic E-state index is 0.565. The number of rotatable bonds is 2. The van der Waals surface area contributed by atoms with Crippen LogP contribution in [-0.4, -0.2) is 20.4 Å². The average molecular weight is 514 g/mol. The first kappa shape index (κ1) is 15.7. The van der Waals surface area contributed by atoms with Crippen molar-refractivity contribution in [3.63, 3.8) is 0 Å². The van der Waals surface area contributed by atoms with E-state index in [2.05, 4.69) is 65.6 Å². The van der Waals surface area contributed by atoms with Crippen molar-refractivity contribution in [2.75, 3.05) is 0 Å². The molecule has 3 rings (SSSR count). The lowest BCUT2D eigenvalue weighted by Crippen LogP contribution is -2.03. The Morgan fingerprint density at radius 3 is 1.32 bits per heavy atom. The molecule has 1 heterocycles. The van der Waals surface area contributed by atoms with Gasteiger partial charge >= 0.3 is 0 Å². The molecule has 0 aliphatic rings. The standard InChI is InChI=1S/C16H12I2N4/c1-9-5-3-7-11(17)13(9)15-19-21-16(22-20-15)14-10(2)6-4-8-12(14)18/h3-8H,1-2H3. The lowest BCUT2D eigenvalue weighted by molar-refractivity contribution is 0.872. The number of aromatic nitrogens is 4. The predicted molar refractivity (Wildman–Crippen MR) is 103 cm³/mol. The number of nitrogens with zero attached hydrogens (tertiary/aromatic N) is 4. The monoisotopic (exact) mass is 514 g/mol. The number of benzene rings is 2. The summed E-state index contributed by atoms with van der Waals surface area (Å²) in [6.07, 6.45) is 0. The Labute approximate surface area is 156 Å². The van der Waals surface area contributed by atoms with Crippen LogP contribution in [0.2, 0.25) is 0 Å². The molecule has 0 saturated heterocycles. The van der Waals surface area contributed by atoms with Crippen molar-refractivity contribution in [2.45, 2.75) is 13.8 Å². The molecule has 110 valence electrons. The summed E-state index contributed by atoms with van der Waals surface area (Å²) in [5.41, 5.74) is 4.23. The number of hydrogen-bond acceptors (Lipinski definition) is 4. The lowest BCUT2D eigenvalue weighted by Gasteiger charge is -2.08. The summed E-state index contributed by atoms with van der Waals surface area (Å²) in [4.78, 5) is 0. The van der Waals surface area contributed by atoms with Crippen LogP contribution in [0.5, 0.6) is 0 Å². The van der Waals surface area contributed by atoms with Crippen LogP contribution < -0.4 is 0 Å². The maximum Gasteiger partial charge on any atom is 0.204 e. The number of hydrogen-bond donors (Lipinski definition) is 0. The fourth-order valence-corrected chi connectivity index (χ4v) is 4.01. The normalized spacial score (nSPS) is 10.7. The SMILES string of the molecule is Cc1cccc(I)c1-c1nnc(-c2c(C)cccc2I)nn1. The van der Waals surface area contributed by atoms with E-state index in [-0.39, 0.29) is 0 Å². The minimum atomic E-state index is 0.565. The highest BCUT2D eigenvalue weighted by Gasteiger charge is 2.14. The van der Waals surface area contributed by atoms with Crippen LogP contribution in [0, 0.1) is 21.0 Å². The number of aryl methyl sites for hydroxylation is 2. The van der Waals surface area contributed by atoms with Crippen LogP contribution in [0.3, 0.4) is 0 Å². The largest absolute Gasteiger partial charge is 0.204 e. The summed E-state index contributed by atoms with van der Waals surface area (Å²) in [6, 6.07) is 12.2. The molecule has 4 nitrogen and oxygen atoms in total. The quantitative estimate of drug-likeness (QED) is 0.476. The van der Waals surface area contributed by atoms with E-state index in [4.69, 9.17) is 0 Å². The van der Waals surface area contributed by atoms with E-state index in [0.29, 0.717) is 11.6 Å².